The van der Waals surface area contributed by atoms with E-state index in [0.717, 1.165) is 44.6 Å². The van der Waals surface area contributed by atoms with Crippen LogP contribution in [-0.4, -0.2) is 69.7 Å². The molecule has 9 nitrogen and oxygen atoms in total. The summed E-state index contributed by atoms with van der Waals surface area (Å²) >= 11 is 0. The first kappa shape index (κ1) is 22.7. The number of nitrogens with one attached hydrogen (secondary N) is 1. The van der Waals surface area contributed by atoms with Gasteiger partial charge < -0.3 is 14.5 Å². The highest BCUT2D eigenvalue weighted by Gasteiger charge is 2.26. The molecule has 1 saturated heterocycles. The van der Waals surface area contributed by atoms with E-state index in [0.29, 0.717) is 66.2 Å². The third-order valence-electron chi connectivity index (χ3n) is 6.75. The van der Waals surface area contributed by atoms with Crippen LogP contribution < -0.4 is 10.3 Å². The van der Waals surface area contributed by atoms with Crippen molar-refractivity contribution in [2.45, 2.75) is 45.4 Å². The SMILES string of the molecule is CCOc1ccc(C(=O)CN2CCOCC2)cc1-c1nn2c(C3CCCC3)nc(C)c2c(=O)[nH]1. The van der Waals surface area contributed by atoms with Crippen LogP contribution in [0.3, 0.4) is 0 Å². The molecule has 5 rings (SSSR count). The van der Waals surface area contributed by atoms with E-state index in [1.165, 1.54) is 0 Å². The lowest BCUT2D eigenvalue weighted by Gasteiger charge is -2.25. The van der Waals surface area contributed by atoms with Gasteiger partial charge in [-0.2, -0.15) is 0 Å². The highest BCUT2D eigenvalue weighted by Crippen LogP contribution is 2.34. The second-order valence-electron chi connectivity index (χ2n) is 9.06. The number of ketones is 1. The maximum atomic E-state index is 13.1. The van der Waals surface area contributed by atoms with E-state index in [1.54, 1.807) is 22.7 Å². The molecule has 0 spiro atoms. The molecule has 3 heterocycles. The number of carbonyl (C=O) groups excluding carboxylic acids is 1. The van der Waals surface area contributed by atoms with E-state index >= 15 is 0 Å². The second kappa shape index (κ2) is 9.68. The number of Topliss-reactive ketones (excluding diaryl/α,β-unsaturated/α-hetero) is 1. The molecule has 2 aliphatic rings. The van der Waals surface area contributed by atoms with E-state index < -0.39 is 0 Å². The molecule has 1 aliphatic carbocycles. The number of hydrogen-bond acceptors (Lipinski definition) is 7. The van der Waals surface area contributed by atoms with Gasteiger partial charge in [-0.05, 0) is 44.9 Å². The second-order valence-corrected chi connectivity index (χ2v) is 9.06. The van der Waals surface area contributed by atoms with Gasteiger partial charge in [0.1, 0.15) is 11.6 Å². The zero-order chi connectivity index (χ0) is 23.7. The number of nitrogens with zero attached hydrogens (tertiary/aromatic N) is 4. The number of fused-ring (bicyclic) bond motifs is 1. The molecule has 34 heavy (non-hydrogen) atoms. The van der Waals surface area contributed by atoms with Gasteiger partial charge in [-0.15, -0.1) is 5.10 Å². The number of hydrogen-bond donors (Lipinski definition) is 1. The number of ether oxygens (including phenoxy) is 2. The lowest BCUT2D eigenvalue weighted by molar-refractivity contribution is 0.0371. The van der Waals surface area contributed by atoms with Gasteiger partial charge >= 0.3 is 0 Å². The molecular formula is C25H31N5O4. The standard InChI is InChI=1S/C25H31N5O4/c1-3-34-21-9-8-18(20(31)15-29-10-12-33-13-11-29)14-19(21)23-27-25(32)22-16(2)26-24(30(22)28-23)17-6-4-5-7-17/h8-9,14,17H,3-7,10-13,15H2,1-2H3,(H,27,28,32). The summed E-state index contributed by atoms with van der Waals surface area (Å²) in [4.78, 5) is 35.9. The van der Waals surface area contributed by atoms with Crippen LogP contribution in [0, 0.1) is 6.92 Å². The van der Waals surface area contributed by atoms with E-state index in [1.807, 2.05) is 13.8 Å². The maximum Gasteiger partial charge on any atom is 0.277 e. The van der Waals surface area contributed by atoms with Crippen LogP contribution in [0.4, 0.5) is 0 Å². The summed E-state index contributed by atoms with van der Waals surface area (Å²) in [6.07, 6.45) is 4.43. The Hall–Kier alpha value is -3.04. The Labute approximate surface area is 198 Å². The summed E-state index contributed by atoms with van der Waals surface area (Å²) in [5.74, 6) is 2.11. The van der Waals surface area contributed by atoms with Crippen LogP contribution in [0.2, 0.25) is 0 Å². The van der Waals surface area contributed by atoms with Gasteiger partial charge in [0.25, 0.3) is 5.56 Å². The van der Waals surface area contributed by atoms with Crippen LogP contribution in [0.15, 0.2) is 23.0 Å². The lowest BCUT2D eigenvalue weighted by Crippen LogP contribution is -2.39. The molecule has 0 atom stereocenters. The zero-order valence-corrected chi connectivity index (χ0v) is 19.8. The number of aromatic nitrogens is 4. The number of H-pyrrole nitrogens is 1. The number of rotatable bonds is 7. The molecule has 0 bridgehead atoms. The smallest absolute Gasteiger partial charge is 0.277 e. The quantitative estimate of drug-likeness (QED) is 0.535. The summed E-state index contributed by atoms with van der Waals surface area (Å²) in [6.45, 7) is 7.29. The average Bonchev–Trinajstić information content (AvgIpc) is 3.48. The minimum atomic E-state index is -0.244. The molecule has 0 unspecified atom stereocenters. The van der Waals surface area contributed by atoms with Crippen molar-refractivity contribution in [3.05, 3.63) is 45.6 Å². The average molecular weight is 466 g/mol. The minimum Gasteiger partial charge on any atom is -0.493 e. The van der Waals surface area contributed by atoms with Gasteiger partial charge in [-0.3, -0.25) is 14.5 Å². The Morgan fingerprint density at radius 2 is 2.00 bits per heavy atom. The highest BCUT2D eigenvalue weighted by molar-refractivity contribution is 5.99. The highest BCUT2D eigenvalue weighted by atomic mass is 16.5. The largest absolute Gasteiger partial charge is 0.493 e. The van der Waals surface area contributed by atoms with E-state index in [2.05, 4.69) is 9.88 Å². The first-order valence-corrected chi connectivity index (χ1v) is 12.1. The molecule has 1 N–H and O–H groups in total. The topological polar surface area (TPSA) is 102 Å². The summed E-state index contributed by atoms with van der Waals surface area (Å²) < 4.78 is 12.9. The fraction of sp³-hybridized carbons (Fsp3) is 0.520. The van der Waals surface area contributed by atoms with Gasteiger partial charge in [0.05, 0.1) is 37.6 Å². The first-order valence-electron chi connectivity index (χ1n) is 12.1. The zero-order valence-electron chi connectivity index (χ0n) is 19.8. The number of aromatic amines is 1. The Morgan fingerprint density at radius 3 is 2.74 bits per heavy atom. The predicted octanol–water partition coefficient (Wildman–Crippen LogP) is 2.96. The summed E-state index contributed by atoms with van der Waals surface area (Å²) in [6, 6.07) is 5.34. The molecule has 9 heteroatoms. The Morgan fingerprint density at radius 1 is 1.24 bits per heavy atom. The van der Waals surface area contributed by atoms with Crippen molar-refractivity contribution in [1.82, 2.24) is 24.5 Å². The normalized spacial score (nSPS) is 17.5. The van der Waals surface area contributed by atoms with Crippen molar-refractivity contribution in [2.75, 3.05) is 39.5 Å². The molecule has 2 fully saturated rings. The van der Waals surface area contributed by atoms with Crippen molar-refractivity contribution in [3.63, 3.8) is 0 Å². The molecule has 1 aliphatic heterocycles. The van der Waals surface area contributed by atoms with Gasteiger partial charge in [0, 0.05) is 24.6 Å². The van der Waals surface area contributed by atoms with Crippen LogP contribution >= 0.6 is 0 Å². The molecule has 0 radical (unpaired) electrons. The van der Waals surface area contributed by atoms with Crippen molar-refractivity contribution in [1.29, 1.82) is 0 Å². The Bertz CT molecular complexity index is 1250. The van der Waals surface area contributed by atoms with Crippen molar-refractivity contribution in [2.24, 2.45) is 0 Å². The lowest BCUT2D eigenvalue weighted by atomic mass is 10.0. The predicted molar refractivity (Wildman–Crippen MR) is 128 cm³/mol. The molecule has 1 saturated carbocycles. The third kappa shape index (κ3) is 4.37. The van der Waals surface area contributed by atoms with Crippen LogP contribution in [-0.2, 0) is 4.74 Å². The Balaban J connectivity index is 1.56. The fourth-order valence-corrected chi connectivity index (χ4v) is 4.99. The van der Waals surface area contributed by atoms with E-state index in [-0.39, 0.29) is 11.3 Å². The fourth-order valence-electron chi connectivity index (χ4n) is 4.99. The van der Waals surface area contributed by atoms with E-state index in [9.17, 15) is 9.59 Å². The van der Waals surface area contributed by atoms with Gasteiger partial charge in [0.2, 0.25) is 0 Å². The molecule has 0 amide bonds. The van der Waals surface area contributed by atoms with Crippen molar-refractivity contribution >= 4 is 11.3 Å². The first-order chi connectivity index (χ1) is 16.5. The Kier molecular flexibility index (Phi) is 6.47. The van der Waals surface area contributed by atoms with Crippen molar-refractivity contribution < 1.29 is 14.3 Å². The summed E-state index contributed by atoms with van der Waals surface area (Å²) in [5, 5.41) is 4.81. The van der Waals surface area contributed by atoms with Gasteiger partial charge in [-0.25, -0.2) is 9.50 Å². The summed E-state index contributed by atoms with van der Waals surface area (Å²) in [5.41, 5.74) is 2.07. The third-order valence-corrected chi connectivity index (χ3v) is 6.75. The number of imidazole rings is 1. The molecule has 180 valence electrons. The monoisotopic (exact) mass is 465 g/mol. The van der Waals surface area contributed by atoms with Crippen molar-refractivity contribution in [3.8, 4) is 17.1 Å². The number of morpholine rings is 1. The number of aryl methyl sites for hydroxylation is 1. The van der Waals surface area contributed by atoms with Crippen LogP contribution in [0.5, 0.6) is 5.75 Å². The van der Waals surface area contributed by atoms with Crippen LogP contribution in [0.1, 0.15) is 60.4 Å². The molecular weight excluding hydrogens is 434 g/mol. The summed E-state index contributed by atoms with van der Waals surface area (Å²) in [7, 11) is 0. The van der Waals surface area contributed by atoms with Gasteiger partial charge in [-0.1, -0.05) is 12.8 Å². The number of benzene rings is 1. The molecule has 2 aromatic heterocycles. The minimum absolute atomic E-state index is 0.0137. The van der Waals surface area contributed by atoms with Gasteiger partial charge in [0.15, 0.2) is 17.1 Å². The molecule has 1 aromatic carbocycles. The molecule has 3 aromatic rings. The number of carbonyl (C=O) groups is 1. The van der Waals surface area contributed by atoms with Crippen LogP contribution in [0.25, 0.3) is 16.9 Å². The van der Waals surface area contributed by atoms with E-state index in [4.69, 9.17) is 19.6 Å². The maximum absolute atomic E-state index is 13.1.